The number of fused-ring (bicyclic) bond motifs is 1. The number of rotatable bonds is 7. The van der Waals surface area contributed by atoms with Crippen molar-refractivity contribution in [1.29, 1.82) is 0 Å². The SMILES string of the molecule is Cc1ccc(CSCC2Nc3ccc(C(=O)NCc4ccccc4)cc3NC2=O)cc1. The molecule has 3 aromatic carbocycles. The molecule has 0 aromatic heterocycles. The Hall–Kier alpha value is -3.25. The monoisotopic (exact) mass is 431 g/mol. The van der Waals surface area contributed by atoms with E-state index in [1.807, 2.05) is 36.4 Å². The normalized spacial score (nSPS) is 14.9. The minimum Gasteiger partial charge on any atom is -0.371 e. The van der Waals surface area contributed by atoms with Gasteiger partial charge >= 0.3 is 0 Å². The first-order valence-electron chi connectivity index (χ1n) is 10.3. The summed E-state index contributed by atoms with van der Waals surface area (Å²) < 4.78 is 0. The third-order valence-corrected chi connectivity index (χ3v) is 6.26. The van der Waals surface area contributed by atoms with Gasteiger partial charge in [-0.05, 0) is 36.2 Å². The predicted molar refractivity (Wildman–Crippen MR) is 127 cm³/mol. The molecule has 5 nitrogen and oxygen atoms in total. The Balaban J connectivity index is 1.33. The minimum atomic E-state index is -0.305. The van der Waals surface area contributed by atoms with E-state index in [0.717, 1.165) is 17.0 Å². The highest BCUT2D eigenvalue weighted by atomic mass is 32.2. The van der Waals surface area contributed by atoms with Gasteiger partial charge in [0.2, 0.25) is 5.91 Å². The first-order valence-corrected chi connectivity index (χ1v) is 11.4. The van der Waals surface area contributed by atoms with Crippen molar-refractivity contribution >= 4 is 35.0 Å². The van der Waals surface area contributed by atoms with Gasteiger partial charge in [0, 0.05) is 23.6 Å². The number of amides is 2. The lowest BCUT2D eigenvalue weighted by Gasteiger charge is -2.27. The van der Waals surface area contributed by atoms with E-state index in [1.54, 1.807) is 23.9 Å². The highest BCUT2D eigenvalue weighted by Gasteiger charge is 2.26. The molecule has 0 radical (unpaired) electrons. The van der Waals surface area contributed by atoms with Crippen LogP contribution in [0.15, 0.2) is 72.8 Å². The third kappa shape index (κ3) is 5.47. The third-order valence-electron chi connectivity index (χ3n) is 5.16. The first-order chi connectivity index (χ1) is 15.1. The maximum absolute atomic E-state index is 12.5. The van der Waals surface area contributed by atoms with Gasteiger partial charge in [-0.15, -0.1) is 0 Å². The van der Waals surface area contributed by atoms with Crippen molar-refractivity contribution in [2.24, 2.45) is 0 Å². The number of anilines is 2. The van der Waals surface area contributed by atoms with Crippen LogP contribution in [0.3, 0.4) is 0 Å². The standard InChI is InChI=1S/C25H25N3O2S/c1-17-7-9-19(10-8-17)15-31-16-23-25(30)28-22-13-20(11-12-21(22)27-23)24(29)26-14-18-5-3-2-4-6-18/h2-13,23,27H,14-16H2,1H3,(H,26,29)(H,28,30). The Kier molecular flexibility index (Phi) is 6.57. The van der Waals surface area contributed by atoms with Crippen LogP contribution in [0.25, 0.3) is 0 Å². The van der Waals surface area contributed by atoms with Gasteiger partial charge in [-0.25, -0.2) is 0 Å². The van der Waals surface area contributed by atoms with Crippen LogP contribution in [-0.2, 0) is 17.1 Å². The number of nitrogens with one attached hydrogen (secondary N) is 3. The van der Waals surface area contributed by atoms with Crippen LogP contribution >= 0.6 is 11.8 Å². The van der Waals surface area contributed by atoms with Gasteiger partial charge < -0.3 is 16.0 Å². The smallest absolute Gasteiger partial charge is 0.251 e. The van der Waals surface area contributed by atoms with E-state index >= 15 is 0 Å². The molecule has 1 unspecified atom stereocenters. The van der Waals surface area contributed by atoms with Gasteiger partial charge in [0.05, 0.1) is 11.4 Å². The fourth-order valence-electron chi connectivity index (χ4n) is 3.36. The lowest BCUT2D eigenvalue weighted by Crippen LogP contribution is -2.40. The second-order valence-electron chi connectivity index (χ2n) is 7.62. The number of hydrogen-bond donors (Lipinski definition) is 3. The van der Waals surface area contributed by atoms with Crippen molar-refractivity contribution in [1.82, 2.24) is 5.32 Å². The topological polar surface area (TPSA) is 70.2 Å². The molecule has 3 N–H and O–H groups in total. The predicted octanol–water partition coefficient (Wildman–Crippen LogP) is 4.59. The molecule has 1 heterocycles. The zero-order valence-electron chi connectivity index (χ0n) is 17.4. The molecule has 1 atom stereocenters. The van der Waals surface area contributed by atoms with Crippen LogP contribution in [0.4, 0.5) is 11.4 Å². The van der Waals surface area contributed by atoms with Gasteiger partial charge in [0.1, 0.15) is 6.04 Å². The number of aryl methyl sites for hydroxylation is 1. The fraction of sp³-hybridized carbons (Fsp3) is 0.200. The Morgan fingerprint density at radius 1 is 0.968 bits per heavy atom. The fourth-order valence-corrected chi connectivity index (χ4v) is 4.38. The van der Waals surface area contributed by atoms with E-state index in [9.17, 15) is 9.59 Å². The van der Waals surface area contributed by atoms with Crippen molar-refractivity contribution in [3.8, 4) is 0 Å². The molecule has 1 aliphatic heterocycles. The summed E-state index contributed by atoms with van der Waals surface area (Å²) in [7, 11) is 0. The molecule has 0 aliphatic carbocycles. The van der Waals surface area contributed by atoms with Crippen LogP contribution in [0.2, 0.25) is 0 Å². The summed E-state index contributed by atoms with van der Waals surface area (Å²) in [6.45, 7) is 2.53. The Labute approximate surface area is 186 Å². The molecule has 4 rings (SSSR count). The van der Waals surface area contributed by atoms with E-state index in [1.165, 1.54) is 11.1 Å². The Bertz CT molecular complexity index is 1070. The number of carbonyl (C=O) groups excluding carboxylic acids is 2. The highest BCUT2D eigenvalue weighted by molar-refractivity contribution is 7.98. The van der Waals surface area contributed by atoms with E-state index < -0.39 is 0 Å². The molecule has 31 heavy (non-hydrogen) atoms. The summed E-state index contributed by atoms with van der Waals surface area (Å²) in [6.07, 6.45) is 0. The highest BCUT2D eigenvalue weighted by Crippen LogP contribution is 2.29. The minimum absolute atomic E-state index is 0.0780. The van der Waals surface area contributed by atoms with Crippen molar-refractivity contribution in [3.63, 3.8) is 0 Å². The van der Waals surface area contributed by atoms with Crippen LogP contribution in [0, 0.1) is 6.92 Å². The molecule has 0 saturated heterocycles. The maximum Gasteiger partial charge on any atom is 0.251 e. The average molecular weight is 432 g/mol. The largest absolute Gasteiger partial charge is 0.371 e. The van der Waals surface area contributed by atoms with Crippen molar-refractivity contribution in [2.75, 3.05) is 16.4 Å². The first kappa shape index (κ1) is 21.0. The lowest BCUT2D eigenvalue weighted by atomic mass is 10.1. The number of thioether (sulfide) groups is 1. The molecular formula is C25H25N3O2S. The van der Waals surface area contributed by atoms with Gasteiger partial charge in [0.15, 0.2) is 0 Å². The molecular weight excluding hydrogens is 406 g/mol. The zero-order valence-corrected chi connectivity index (χ0v) is 18.2. The summed E-state index contributed by atoms with van der Waals surface area (Å²) in [5.41, 5.74) is 5.51. The van der Waals surface area contributed by atoms with Crippen molar-refractivity contribution in [2.45, 2.75) is 25.3 Å². The number of benzene rings is 3. The Morgan fingerprint density at radius 2 is 1.74 bits per heavy atom. The van der Waals surface area contributed by atoms with Gasteiger partial charge in [0.25, 0.3) is 5.91 Å². The quantitative estimate of drug-likeness (QED) is 0.512. The van der Waals surface area contributed by atoms with Gasteiger partial charge in [-0.3, -0.25) is 9.59 Å². The molecule has 0 fully saturated rings. The summed E-state index contributed by atoms with van der Waals surface area (Å²) in [4.78, 5) is 25.0. The van der Waals surface area contributed by atoms with Crippen molar-refractivity contribution < 1.29 is 9.59 Å². The molecule has 158 valence electrons. The van der Waals surface area contributed by atoms with Gasteiger partial charge in [-0.1, -0.05) is 60.2 Å². The average Bonchev–Trinajstić information content (AvgIpc) is 2.79. The molecule has 3 aromatic rings. The summed E-state index contributed by atoms with van der Waals surface area (Å²) >= 11 is 1.72. The molecule has 0 spiro atoms. The zero-order chi connectivity index (χ0) is 21.6. The lowest BCUT2D eigenvalue weighted by molar-refractivity contribution is -0.116. The Morgan fingerprint density at radius 3 is 2.52 bits per heavy atom. The number of hydrogen-bond acceptors (Lipinski definition) is 4. The van der Waals surface area contributed by atoms with Crippen LogP contribution in [0.1, 0.15) is 27.0 Å². The maximum atomic E-state index is 12.5. The molecule has 6 heteroatoms. The summed E-state index contributed by atoms with van der Waals surface area (Å²) in [5, 5.41) is 9.16. The van der Waals surface area contributed by atoms with Gasteiger partial charge in [-0.2, -0.15) is 11.8 Å². The summed E-state index contributed by atoms with van der Waals surface area (Å²) in [5.74, 6) is 1.28. The van der Waals surface area contributed by atoms with E-state index in [0.29, 0.717) is 23.5 Å². The molecule has 0 saturated carbocycles. The molecule has 2 amide bonds. The van der Waals surface area contributed by atoms with E-state index in [4.69, 9.17) is 0 Å². The summed E-state index contributed by atoms with van der Waals surface area (Å²) in [6, 6.07) is 23.2. The van der Waals surface area contributed by atoms with E-state index in [2.05, 4.69) is 47.1 Å². The molecule has 1 aliphatic rings. The molecule has 0 bridgehead atoms. The van der Waals surface area contributed by atoms with Crippen LogP contribution < -0.4 is 16.0 Å². The van der Waals surface area contributed by atoms with Crippen LogP contribution in [-0.4, -0.2) is 23.6 Å². The van der Waals surface area contributed by atoms with E-state index in [-0.39, 0.29) is 17.9 Å². The van der Waals surface area contributed by atoms with Crippen LogP contribution in [0.5, 0.6) is 0 Å². The second kappa shape index (κ2) is 9.71. The second-order valence-corrected chi connectivity index (χ2v) is 8.65. The van der Waals surface area contributed by atoms with Crippen molar-refractivity contribution in [3.05, 3.63) is 95.1 Å². The number of carbonyl (C=O) groups is 2.